The topological polar surface area (TPSA) is 128 Å². The number of azide groups is 1. The summed E-state index contributed by atoms with van der Waals surface area (Å²) < 4.78 is 37.7. The average molecular weight is 818 g/mol. The molecule has 2 heterocycles. The lowest BCUT2D eigenvalue weighted by Crippen LogP contribution is -2.68. The zero-order valence-corrected chi connectivity index (χ0v) is 35.0. The average Bonchev–Trinajstić information content (AvgIpc) is 3.14. The van der Waals surface area contributed by atoms with E-state index in [1.165, 1.54) is 0 Å². The Bertz CT molecular complexity index is 1670. The van der Waals surface area contributed by atoms with Crippen molar-refractivity contribution in [3.8, 4) is 0 Å². The van der Waals surface area contributed by atoms with Gasteiger partial charge < -0.3 is 28.1 Å². The van der Waals surface area contributed by atoms with Gasteiger partial charge in [0.05, 0.1) is 31.5 Å². The Kier molecular flexibility index (Phi) is 14.2. The molecule has 2 aliphatic heterocycles. The minimum absolute atomic E-state index is 0.0627. The highest BCUT2D eigenvalue weighted by Crippen LogP contribution is 2.41. The molecule has 0 saturated carbocycles. The Morgan fingerprint density at radius 1 is 0.796 bits per heavy atom. The molecule has 0 aliphatic carbocycles. The molecule has 1 N–H and O–H groups in total. The van der Waals surface area contributed by atoms with Crippen LogP contribution >= 0.6 is 34.8 Å². The normalized spacial score (nSPS) is 29.2. The fraction of sp³-hybridized carbons (Fsp3) is 0.525. The SMILES string of the molecule is CC1O[C@@H](O[C@@H]2C(CO[Si](c3ccccc3)(c3ccccc3)C(C)(C)C)O[C@H](OC(=N)C(Cl)(Cl)Cl)C(N=[N+]=[N-])[C@H]2C)C(C)[C@H](OCc2ccccc2)[C@@H]1C. The van der Waals surface area contributed by atoms with Crippen molar-refractivity contribution < 1.29 is 28.1 Å². The Morgan fingerprint density at radius 2 is 1.35 bits per heavy atom. The second-order valence-corrected chi connectivity index (χ2v) is 21.9. The molecule has 54 heavy (non-hydrogen) atoms. The Balaban J connectivity index is 1.52. The van der Waals surface area contributed by atoms with Crippen LogP contribution in [0.15, 0.2) is 96.1 Å². The molecule has 0 spiro atoms. The molecule has 0 aromatic heterocycles. The Labute approximate surface area is 334 Å². The number of hydrogen-bond acceptors (Lipinski definition) is 8. The van der Waals surface area contributed by atoms with Gasteiger partial charge in [-0.2, -0.15) is 0 Å². The standard InChI is InChI=1S/C40H51Cl3N4O6Si/c1-25-28(4)50-36(27(3)34(25)48-23-29-17-11-8-12-18-29)52-35-26(2)33(46-47-45)37(53-38(44)40(41,42)43)51-32(35)24-49-54(39(5,6)7,30-19-13-9-14-20-30)31-21-15-10-16-22-31/h8-22,25-28,32-37,44H,23-24H2,1-7H3/t25-,26-,27?,28?,32?,33?,34-,35+,36+,37-/m1/s1. The first-order chi connectivity index (χ1) is 25.6. The molecule has 4 unspecified atom stereocenters. The van der Waals surface area contributed by atoms with Gasteiger partial charge in [-0.25, -0.2) is 0 Å². The van der Waals surface area contributed by atoms with Crippen LogP contribution in [0.5, 0.6) is 0 Å². The number of nitrogens with zero attached hydrogens (tertiary/aromatic N) is 3. The van der Waals surface area contributed by atoms with Crippen molar-refractivity contribution in [3.63, 3.8) is 0 Å². The van der Waals surface area contributed by atoms with E-state index < -0.39 is 54.8 Å². The largest absolute Gasteiger partial charge is 0.448 e. The Hall–Kier alpha value is -2.67. The molecule has 2 fully saturated rings. The molecule has 10 nitrogen and oxygen atoms in total. The molecular formula is C40H51Cl3N4O6Si. The van der Waals surface area contributed by atoms with Gasteiger partial charge in [-0.1, -0.05) is 172 Å². The number of alkyl halides is 3. The third-order valence-corrected chi connectivity index (χ3v) is 16.2. The van der Waals surface area contributed by atoms with Gasteiger partial charge in [0.15, 0.2) is 6.29 Å². The lowest BCUT2D eigenvalue weighted by atomic mass is 9.85. The van der Waals surface area contributed by atoms with E-state index in [9.17, 15) is 5.53 Å². The zero-order chi connectivity index (χ0) is 39.3. The number of halogens is 3. The molecule has 0 amide bonds. The second kappa shape index (κ2) is 18.1. The summed E-state index contributed by atoms with van der Waals surface area (Å²) in [6, 6.07) is 29.6. The van der Waals surface area contributed by atoms with Crippen LogP contribution in [0, 0.1) is 23.2 Å². The number of rotatable bonds is 12. The van der Waals surface area contributed by atoms with Gasteiger partial charge >= 0.3 is 0 Å². The van der Waals surface area contributed by atoms with E-state index in [0.717, 1.165) is 15.9 Å². The zero-order valence-electron chi connectivity index (χ0n) is 31.8. The van der Waals surface area contributed by atoms with Crippen molar-refractivity contribution in [2.75, 3.05) is 6.61 Å². The highest BCUT2D eigenvalue weighted by atomic mass is 35.6. The Morgan fingerprint density at radius 3 is 1.87 bits per heavy atom. The third kappa shape index (κ3) is 9.46. The van der Waals surface area contributed by atoms with Gasteiger partial charge in [-0.15, -0.1) is 0 Å². The number of nitrogens with one attached hydrogen (secondary N) is 1. The molecule has 14 heteroatoms. The van der Waals surface area contributed by atoms with Gasteiger partial charge in [0.2, 0.25) is 12.2 Å². The van der Waals surface area contributed by atoms with Crippen molar-refractivity contribution in [2.24, 2.45) is 22.9 Å². The summed E-state index contributed by atoms with van der Waals surface area (Å²) >= 11 is 18.1. The van der Waals surface area contributed by atoms with Crippen molar-refractivity contribution >= 4 is 59.4 Å². The van der Waals surface area contributed by atoms with Crippen LogP contribution in [-0.2, 0) is 34.7 Å². The monoisotopic (exact) mass is 816 g/mol. The molecule has 5 rings (SSSR count). The van der Waals surface area contributed by atoms with E-state index in [1.807, 2.05) is 80.6 Å². The van der Waals surface area contributed by atoms with E-state index in [4.69, 9.17) is 68.3 Å². The number of ether oxygens (including phenoxy) is 5. The first-order valence-corrected chi connectivity index (χ1v) is 21.4. The predicted octanol–water partition coefficient (Wildman–Crippen LogP) is 8.95. The van der Waals surface area contributed by atoms with E-state index in [0.29, 0.717) is 6.61 Å². The van der Waals surface area contributed by atoms with Crippen LogP contribution in [0.25, 0.3) is 10.4 Å². The predicted molar refractivity (Wildman–Crippen MR) is 216 cm³/mol. The summed E-state index contributed by atoms with van der Waals surface area (Å²) in [4.78, 5) is 3.10. The highest BCUT2D eigenvalue weighted by Gasteiger charge is 2.54. The van der Waals surface area contributed by atoms with Gasteiger partial charge in [0.25, 0.3) is 12.1 Å². The van der Waals surface area contributed by atoms with Crippen LogP contribution in [-0.4, -0.2) is 67.7 Å². The smallest absolute Gasteiger partial charge is 0.265 e. The molecule has 292 valence electrons. The maximum Gasteiger partial charge on any atom is 0.265 e. The van der Waals surface area contributed by atoms with Crippen molar-refractivity contribution in [1.82, 2.24) is 0 Å². The van der Waals surface area contributed by atoms with Gasteiger partial charge in [0.1, 0.15) is 12.1 Å². The number of hydrogen-bond donors (Lipinski definition) is 1. The van der Waals surface area contributed by atoms with E-state index in [-0.39, 0.29) is 35.7 Å². The van der Waals surface area contributed by atoms with Crippen LogP contribution in [0.1, 0.15) is 54.0 Å². The lowest BCUT2D eigenvalue weighted by molar-refractivity contribution is -0.318. The van der Waals surface area contributed by atoms with Crippen molar-refractivity contribution in [2.45, 2.75) is 107 Å². The molecule has 0 bridgehead atoms. The quantitative estimate of drug-likeness (QED) is 0.0370. The maximum absolute atomic E-state index is 9.68. The molecule has 10 atom stereocenters. The van der Waals surface area contributed by atoms with Crippen molar-refractivity contribution in [3.05, 3.63) is 107 Å². The fourth-order valence-corrected chi connectivity index (χ4v) is 12.4. The molecule has 0 radical (unpaired) electrons. The minimum Gasteiger partial charge on any atom is -0.448 e. The summed E-state index contributed by atoms with van der Waals surface area (Å²) in [5, 5.41) is 14.3. The first kappa shape index (κ1) is 42.5. The van der Waals surface area contributed by atoms with Crippen LogP contribution < -0.4 is 10.4 Å². The number of benzene rings is 3. The van der Waals surface area contributed by atoms with Crippen LogP contribution in [0.2, 0.25) is 5.04 Å². The van der Waals surface area contributed by atoms with Gasteiger partial charge in [-0.3, -0.25) is 5.41 Å². The highest BCUT2D eigenvalue weighted by molar-refractivity contribution is 6.99. The molecule has 2 aliphatic rings. The van der Waals surface area contributed by atoms with E-state index in [1.54, 1.807) is 0 Å². The summed E-state index contributed by atoms with van der Waals surface area (Å²) in [5.41, 5.74) is 10.8. The summed E-state index contributed by atoms with van der Waals surface area (Å²) in [6.45, 7) is 15.2. The van der Waals surface area contributed by atoms with E-state index >= 15 is 0 Å². The molecule has 3 aromatic carbocycles. The second-order valence-electron chi connectivity index (χ2n) is 15.3. The first-order valence-electron chi connectivity index (χ1n) is 18.3. The maximum atomic E-state index is 9.68. The van der Waals surface area contributed by atoms with Gasteiger partial charge in [-0.05, 0) is 39.3 Å². The van der Waals surface area contributed by atoms with Crippen LogP contribution in [0.4, 0.5) is 0 Å². The van der Waals surface area contributed by atoms with Crippen LogP contribution in [0.3, 0.4) is 0 Å². The summed E-state index contributed by atoms with van der Waals surface area (Å²) in [7, 11) is -3.06. The molecule has 3 aromatic rings. The van der Waals surface area contributed by atoms with E-state index in [2.05, 4.69) is 68.9 Å². The summed E-state index contributed by atoms with van der Waals surface area (Å²) in [6.07, 6.45) is -3.87. The lowest BCUT2D eigenvalue weighted by Gasteiger charge is -2.49. The molecular weight excluding hydrogens is 767 g/mol. The van der Waals surface area contributed by atoms with Gasteiger partial charge in [0, 0.05) is 16.7 Å². The minimum atomic E-state index is -3.06. The van der Waals surface area contributed by atoms with Crippen molar-refractivity contribution in [1.29, 1.82) is 5.41 Å². The summed E-state index contributed by atoms with van der Waals surface area (Å²) in [5.74, 6) is -1.29. The fourth-order valence-electron chi connectivity index (χ4n) is 7.67. The molecule has 2 saturated heterocycles. The third-order valence-electron chi connectivity index (χ3n) is 10.7.